The molecule has 5 nitrogen and oxygen atoms in total. The highest BCUT2D eigenvalue weighted by Gasteiger charge is 2.38. The van der Waals surface area contributed by atoms with E-state index in [1.807, 2.05) is 16.7 Å². The minimum absolute atomic E-state index is 0.0988. The molecule has 3 heterocycles. The quantitative estimate of drug-likeness (QED) is 0.822. The van der Waals surface area contributed by atoms with Crippen LogP contribution < -0.4 is 4.90 Å². The molecule has 120 valence electrons. The molecule has 0 aromatic carbocycles. The van der Waals surface area contributed by atoms with Crippen LogP contribution in [0.4, 0.5) is 19.0 Å². The van der Waals surface area contributed by atoms with E-state index in [0.29, 0.717) is 13.1 Å². The van der Waals surface area contributed by atoms with E-state index in [-0.39, 0.29) is 17.6 Å². The van der Waals surface area contributed by atoms with Gasteiger partial charge in [-0.1, -0.05) is 0 Å². The fourth-order valence-corrected chi connectivity index (χ4v) is 3.44. The zero-order chi connectivity index (χ0) is 15.7. The highest BCUT2D eigenvalue weighted by molar-refractivity contribution is 7.99. The van der Waals surface area contributed by atoms with Gasteiger partial charge in [-0.2, -0.15) is 24.9 Å². The third kappa shape index (κ3) is 3.13. The van der Waals surface area contributed by atoms with E-state index in [9.17, 15) is 18.0 Å². The van der Waals surface area contributed by atoms with Gasteiger partial charge in [0.25, 0.3) is 0 Å². The van der Waals surface area contributed by atoms with Crippen molar-refractivity contribution in [1.29, 1.82) is 0 Å². The molecule has 0 aliphatic carbocycles. The average Bonchev–Trinajstić information content (AvgIpc) is 2.46. The Morgan fingerprint density at radius 1 is 1.23 bits per heavy atom. The van der Waals surface area contributed by atoms with Crippen molar-refractivity contribution < 1.29 is 18.0 Å². The summed E-state index contributed by atoms with van der Waals surface area (Å²) in [4.78, 5) is 22.9. The summed E-state index contributed by atoms with van der Waals surface area (Å²) in [5, 5.41) is 0. The van der Waals surface area contributed by atoms with Crippen LogP contribution >= 0.6 is 11.8 Å². The highest BCUT2D eigenvalue weighted by atomic mass is 32.2. The first kappa shape index (κ1) is 15.4. The molecule has 0 radical (unpaired) electrons. The molecule has 2 fully saturated rings. The number of carbonyl (C=O) groups excluding carboxylic acids is 1. The molecule has 1 aromatic heterocycles. The van der Waals surface area contributed by atoms with Gasteiger partial charge in [0, 0.05) is 43.8 Å². The fraction of sp³-hybridized carbons (Fsp3) is 0.615. The van der Waals surface area contributed by atoms with Crippen LogP contribution in [0.25, 0.3) is 0 Å². The van der Waals surface area contributed by atoms with Crippen molar-refractivity contribution in [2.45, 2.75) is 6.18 Å². The largest absolute Gasteiger partial charge is 0.433 e. The molecule has 0 saturated carbocycles. The van der Waals surface area contributed by atoms with Gasteiger partial charge in [0.1, 0.15) is 17.8 Å². The van der Waals surface area contributed by atoms with E-state index in [0.717, 1.165) is 37.0 Å². The van der Waals surface area contributed by atoms with Crippen molar-refractivity contribution in [2.24, 2.45) is 5.92 Å². The number of nitrogens with zero attached hydrogens (tertiary/aromatic N) is 4. The molecular weight excluding hydrogens is 317 g/mol. The lowest BCUT2D eigenvalue weighted by Gasteiger charge is -2.42. The molecule has 0 bridgehead atoms. The molecule has 3 rings (SSSR count). The molecule has 1 amide bonds. The monoisotopic (exact) mass is 332 g/mol. The van der Waals surface area contributed by atoms with Crippen molar-refractivity contribution in [3.8, 4) is 0 Å². The van der Waals surface area contributed by atoms with Gasteiger partial charge < -0.3 is 9.80 Å². The number of hydrogen-bond donors (Lipinski definition) is 0. The standard InChI is InChI=1S/C13H15F3N4OS/c14-13(15,16)10-5-11(18-8-17-10)20-6-9(7-20)12(21)19-1-3-22-4-2-19/h5,8-9H,1-4,6-7H2. The minimum Gasteiger partial charge on any atom is -0.355 e. The van der Waals surface area contributed by atoms with Crippen LogP contribution in [0.15, 0.2) is 12.4 Å². The Kier molecular flexibility index (Phi) is 4.16. The summed E-state index contributed by atoms with van der Waals surface area (Å²) in [7, 11) is 0. The lowest BCUT2D eigenvalue weighted by Crippen LogP contribution is -2.56. The molecule has 22 heavy (non-hydrogen) atoms. The van der Waals surface area contributed by atoms with E-state index in [4.69, 9.17) is 0 Å². The van der Waals surface area contributed by atoms with Gasteiger partial charge in [0.15, 0.2) is 0 Å². The summed E-state index contributed by atoms with van der Waals surface area (Å²) in [5.41, 5.74) is -0.958. The second-order valence-corrected chi connectivity index (χ2v) is 6.52. The highest BCUT2D eigenvalue weighted by Crippen LogP contribution is 2.31. The number of hydrogen-bond acceptors (Lipinski definition) is 5. The lowest BCUT2D eigenvalue weighted by molar-refractivity contribution is -0.141. The zero-order valence-corrected chi connectivity index (χ0v) is 12.5. The van der Waals surface area contributed by atoms with Gasteiger partial charge in [-0.3, -0.25) is 4.79 Å². The van der Waals surface area contributed by atoms with Gasteiger partial charge >= 0.3 is 6.18 Å². The third-order valence-electron chi connectivity index (χ3n) is 3.82. The van der Waals surface area contributed by atoms with Crippen LogP contribution in [0, 0.1) is 5.92 Å². The van der Waals surface area contributed by atoms with Crippen LogP contribution in [0.1, 0.15) is 5.69 Å². The maximum Gasteiger partial charge on any atom is 0.433 e. The number of thioether (sulfide) groups is 1. The smallest absolute Gasteiger partial charge is 0.355 e. The van der Waals surface area contributed by atoms with Crippen LogP contribution in [0.3, 0.4) is 0 Å². The normalized spacial score (nSPS) is 20.0. The number of aromatic nitrogens is 2. The van der Waals surface area contributed by atoms with Gasteiger partial charge in [-0.25, -0.2) is 9.97 Å². The van der Waals surface area contributed by atoms with Gasteiger partial charge in [0.05, 0.1) is 5.92 Å². The predicted octanol–water partition coefficient (Wildman–Crippen LogP) is 1.51. The van der Waals surface area contributed by atoms with E-state index in [1.165, 1.54) is 0 Å². The number of anilines is 1. The summed E-state index contributed by atoms with van der Waals surface area (Å²) in [5.74, 6) is 2.07. The van der Waals surface area contributed by atoms with Gasteiger partial charge in [-0.15, -0.1) is 0 Å². The SMILES string of the molecule is O=C(C1CN(c2cc(C(F)(F)F)ncn2)C1)N1CCSCC1. The van der Waals surface area contributed by atoms with Crippen LogP contribution in [-0.2, 0) is 11.0 Å². The van der Waals surface area contributed by atoms with Gasteiger partial charge in [-0.05, 0) is 0 Å². The summed E-state index contributed by atoms with van der Waals surface area (Å²) < 4.78 is 37.9. The topological polar surface area (TPSA) is 49.3 Å². The maximum absolute atomic E-state index is 12.6. The van der Waals surface area contributed by atoms with Gasteiger partial charge in [0.2, 0.25) is 5.91 Å². The Morgan fingerprint density at radius 2 is 1.91 bits per heavy atom. The van der Waals surface area contributed by atoms with E-state index in [2.05, 4.69) is 9.97 Å². The predicted molar refractivity (Wildman–Crippen MR) is 76.6 cm³/mol. The van der Waals surface area contributed by atoms with Crippen LogP contribution in [-0.4, -0.2) is 58.5 Å². The summed E-state index contributed by atoms with van der Waals surface area (Å²) in [6.45, 7) is 2.34. The first-order valence-corrected chi connectivity index (χ1v) is 8.11. The lowest BCUT2D eigenvalue weighted by atomic mass is 9.98. The van der Waals surface area contributed by atoms with Crippen molar-refractivity contribution >= 4 is 23.5 Å². The summed E-state index contributed by atoms with van der Waals surface area (Å²) in [6, 6.07) is 0.929. The Morgan fingerprint density at radius 3 is 2.55 bits per heavy atom. The van der Waals surface area contributed by atoms with Crippen LogP contribution in [0.5, 0.6) is 0 Å². The fourth-order valence-electron chi connectivity index (χ4n) is 2.54. The Labute approximate surface area is 129 Å². The van der Waals surface area contributed by atoms with Crippen molar-refractivity contribution in [3.05, 3.63) is 18.1 Å². The Balaban J connectivity index is 1.60. The summed E-state index contributed by atoms with van der Waals surface area (Å²) >= 11 is 1.83. The maximum atomic E-state index is 12.6. The minimum atomic E-state index is -4.48. The first-order chi connectivity index (χ1) is 10.4. The number of rotatable bonds is 2. The van der Waals surface area contributed by atoms with E-state index >= 15 is 0 Å². The number of alkyl halides is 3. The first-order valence-electron chi connectivity index (χ1n) is 6.96. The van der Waals surface area contributed by atoms with Crippen molar-refractivity contribution in [1.82, 2.24) is 14.9 Å². The molecular formula is C13H15F3N4OS. The van der Waals surface area contributed by atoms with E-state index in [1.54, 1.807) is 4.90 Å². The van der Waals surface area contributed by atoms with Crippen molar-refractivity contribution in [2.75, 3.05) is 42.6 Å². The summed E-state index contributed by atoms with van der Waals surface area (Å²) in [6.07, 6.45) is -3.57. The second-order valence-electron chi connectivity index (χ2n) is 5.30. The van der Waals surface area contributed by atoms with E-state index < -0.39 is 11.9 Å². The Bertz CT molecular complexity index is 556. The molecule has 2 saturated heterocycles. The molecule has 9 heteroatoms. The number of amides is 1. The third-order valence-corrected chi connectivity index (χ3v) is 4.76. The van der Waals surface area contributed by atoms with Crippen LogP contribution in [0.2, 0.25) is 0 Å². The average molecular weight is 332 g/mol. The Hall–Kier alpha value is -1.51. The number of carbonyl (C=O) groups is 1. The molecule has 0 unspecified atom stereocenters. The molecule has 2 aliphatic heterocycles. The molecule has 0 N–H and O–H groups in total. The molecule has 0 spiro atoms. The molecule has 1 aromatic rings. The zero-order valence-electron chi connectivity index (χ0n) is 11.7. The second kappa shape index (κ2) is 5.94. The number of halogens is 3. The molecule has 0 atom stereocenters. The van der Waals surface area contributed by atoms with Crippen molar-refractivity contribution in [3.63, 3.8) is 0 Å². The molecule has 2 aliphatic rings.